The summed E-state index contributed by atoms with van der Waals surface area (Å²) in [7, 11) is -0.254. The van der Waals surface area contributed by atoms with E-state index in [0.29, 0.717) is 0 Å². The third-order valence-corrected chi connectivity index (χ3v) is 2.85. The second-order valence-corrected chi connectivity index (χ2v) is 5.86. The molecule has 0 N–H and O–H groups in total. The molecule has 1 heterocycles. The molecule has 2 aliphatic rings. The Hall–Kier alpha value is 0.570. The van der Waals surface area contributed by atoms with E-state index in [0.717, 1.165) is 6.61 Å². The topological polar surface area (TPSA) is 9.23 Å². The molecule has 15 heavy (non-hydrogen) atoms. The van der Waals surface area contributed by atoms with Gasteiger partial charge in [-0.25, -0.2) is 0 Å². The summed E-state index contributed by atoms with van der Waals surface area (Å²) in [4.78, 5) is 0. The standard InChI is InChI=1S/C10H12OSi.2ClH.Zr/c1-12(2)7-8-3-9-5-11-6-10(9)4-8;;;/h3-5,7H,6H2,1-2H3;2*1H;/q;;;+2/p-2. The first kappa shape index (κ1) is 17.9. The summed E-state index contributed by atoms with van der Waals surface area (Å²) in [5.41, 5.74) is 6.35. The van der Waals surface area contributed by atoms with Crippen molar-refractivity contribution in [2.24, 2.45) is 0 Å². The van der Waals surface area contributed by atoms with E-state index in [4.69, 9.17) is 4.74 Å². The molecule has 0 fully saturated rings. The first-order valence-electron chi connectivity index (χ1n) is 4.15. The zero-order valence-electron chi connectivity index (χ0n) is 8.68. The van der Waals surface area contributed by atoms with Crippen LogP contribution in [0.15, 0.2) is 35.1 Å². The summed E-state index contributed by atoms with van der Waals surface area (Å²) in [6.45, 7) is 5.35. The van der Waals surface area contributed by atoms with Crippen LogP contribution in [-0.4, -0.2) is 20.7 Å². The van der Waals surface area contributed by atoms with Crippen molar-refractivity contribution in [3.63, 3.8) is 0 Å². The minimum absolute atomic E-state index is 0. The molecule has 1 nitrogen and oxygen atoms in total. The summed E-state index contributed by atoms with van der Waals surface area (Å²) < 4.78 is 5.18. The van der Waals surface area contributed by atoms with E-state index in [1.807, 2.05) is 6.26 Å². The van der Waals surface area contributed by atoms with Crippen LogP contribution in [0.5, 0.6) is 0 Å². The third-order valence-electron chi connectivity index (χ3n) is 1.94. The maximum atomic E-state index is 5.18. The predicted molar refractivity (Wildman–Crippen MR) is 53.7 cm³/mol. The van der Waals surface area contributed by atoms with Gasteiger partial charge >= 0.3 is 26.2 Å². The maximum absolute atomic E-state index is 5.18. The van der Waals surface area contributed by atoms with Crippen LogP contribution in [-0.2, 0) is 30.9 Å². The number of allylic oxidation sites excluding steroid dienone is 3. The van der Waals surface area contributed by atoms with E-state index in [1.54, 1.807) is 0 Å². The maximum Gasteiger partial charge on any atom is 2.00 e. The molecule has 0 saturated carbocycles. The molecule has 0 unspecified atom stereocenters. The molecule has 5 heteroatoms. The molecule has 0 aromatic rings. The van der Waals surface area contributed by atoms with Crippen molar-refractivity contribution >= 4 is 14.1 Å². The van der Waals surface area contributed by atoms with Crippen molar-refractivity contribution < 1.29 is 55.8 Å². The fourth-order valence-corrected chi connectivity index (χ4v) is 2.30. The van der Waals surface area contributed by atoms with Gasteiger partial charge in [0.05, 0.1) is 6.26 Å². The van der Waals surface area contributed by atoms with Gasteiger partial charge in [-0.15, -0.1) is 0 Å². The van der Waals surface area contributed by atoms with E-state index >= 15 is 0 Å². The average Bonchev–Trinajstić information content (AvgIpc) is 2.43. The van der Waals surface area contributed by atoms with Gasteiger partial charge in [0.1, 0.15) is 6.61 Å². The number of hydrogen-bond donors (Lipinski definition) is 0. The van der Waals surface area contributed by atoms with Gasteiger partial charge in [0, 0.05) is 19.6 Å². The summed E-state index contributed by atoms with van der Waals surface area (Å²) in [6, 6.07) is 0. The molecule has 2 rings (SSSR count). The van der Waals surface area contributed by atoms with Gasteiger partial charge in [-0.05, 0) is 17.7 Å². The summed E-state index contributed by atoms with van der Waals surface area (Å²) in [5.74, 6) is 0. The van der Waals surface area contributed by atoms with Crippen LogP contribution in [0.1, 0.15) is 0 Å². The van der Waals surface area contributed by atoms with Crippen LogP contribution in [0.25, 0.3) is 0 Å². The molecule has 0 radical (unpaired) electrons. The Morgan fingerprint density at radius 3 is 2.47 bits per heavy atom. The van der Waals surface area contributed by atoms with Gasteiger partial charge in [0.15, 0.2) is 0 Å². The molecule has 0 aromatic carbocycles. The summed E-state index contributed by atoms with van der Waals surface area (Å²) in [5, 5.41) is 0. The second kappa shape index (κ2) is 7.78. The Bertz CT molecular complexity index is 341. The van der Waals surface area contributed by atoms with E-state index < -0.39 is 0 Å². The van der Waals surface area contributed by atoms with Gasteiger partial charge in [-0.3, -0.25) is 0 Å². The molecular weight excluding hydrogens is 326 g/mol. The first-order valence-corrected chi connectivity index (χ1v) is 6.73. The molecule has 1 aliphatic heterocycles. The zero-order chi connectivity index (χ0) is 8.55. The minimum Gasteiger partial charge on any atom is -1.00 e. The van der Waals surface area contributed by atoms with Crippen LogP contribution >= 0.6 is 0 Å². The van der Waals surface area contributed by atoms with Gasteiger partial charge < -0.3 is 29.6 Å². The van der Waals surface area contributed by atoms with Gasteiger partial charge in [-0.1, -0.05) is 18.8 Å². The summed E-state index contributed by atoms with van der Waals surface area (Å²) in [6.07, 6.45) is 6.29. The Balaban J connectivity index is 0. The van der Waals surface area contributed by atoms with Crippen molar-refractivity contribution in [2.45, 2.75) is 13.1 Å². The molecule has 0 saturated heterocycles. The van der Waals surface area contributed by atoms with Crippen LogP contribution < -0.4 is 24.8 Å². The van der Waals surface area contributed by atoms with Crippen LogP contribution in [0.4, 0.5) is 0 Å². The van der Waals surface area contributed by atoms with E-state index in [2.05, 4.69) is 30.9 Å². The Labute approximate surface area is 124 Å². The molecule has 0 atom stereocenters. The minimum atomic E-state index is -0.254. The van der Waals surface area contributed by atoms with Crippen molar-refractivity contribution in [3.05, 3.63) is 35.1 Å². The van der Waals surface area contributed by atoms with Crippen molar-refractivity contribution in [3.8, 4) is 0 Å². The normalized spacial score (nSPS) is 15.2. The fraction of sp³-hybridized carbons (Fsp3) is 0.300. The monoisotopic (exact) mass is 336 g/mol. The quantitative estimate of drug-likeness (QED) is 0.442. The molecular formula is C10H12Cl2OSiZr. The smallest absolute Gasteiger partial charge is 1.00 e. The fourth-order valence-electron chi connectivity index (χ4n) is 1.47. The molecule has 1 aliphatic carbocycles. The summed E-state index contributed by atoms with van der Waals surface area (Å²) >= 11 is 0. The van der Waals surface area contributed by atoms with Crippen LogP contribution in [0.3, 0.4) is 0 Å². The second-order valence-electron chi connectivity index (χ2n) is 3.42. The van der Waals surface area contributed by atoms with Crippen molar-refractivity contribution in [1.29, 1.82) is 0 Å². The van der Waals surface area contributed by atoms with E-state index in [9.17, 15) is 0 Å². The van der Waals surface area contributed by atoms with Crippen LogP contribution in [0.2, 0.25) is 13.1 Å². The Kier molecular flexibility index (Phi) is 9.31. The number of rotatable bonds is 1. The Morgan fingerprint density at radius 1 is 1.27 bits per heavy atom. The van der Waals surface area contributed by atoms with Crippen LogP contribution in [0, 0.1) is 0 Å². The predicted octanol–water partition coefficient (Wildman–Crippen LogP) is -4.09. The van der Waals surface area contributed by atoms with Gasteiger partial charge in [0.2, 0.25) is 0 Å². The number of halogens is 2. The Morgan fingerprint density at radius 2 is 1.93 bits per heavy atom. The molecule has 0 bridgehead atoms. The van der Waals surface area contributed by atoms with E-state index in [1.165, 1.54) is 16.7 Å². The number of ether oxygens (including phenoxy) is 1. The third kappa shape index (κ3) is 4.52. The van der Waals surface area contributed by atoms with Gasteiger partial charge in [0.25, 0.3) is 0 Å². The first-order chi connectivity index (χ1) is 5.75. The largest absolute Gasteiger partial charge is 2.00 e. The SMILES string of the molecule is C[Si](C)=CC1=CC2=COCC2=C1.[Cl-].[Cl-].[Zr+2]. The number of fused-ring (bicyclic) bond motifs is 1. The molecule has 0 spiro atoms. The molecule has 80 valence electrons. The average molecular weight is 338 g/mol. The van der Waals surface area contributed by atoms with Crippen molar-refractivity contribution in [2.75, 3.05) is 6.61 Å². The molecule has 0 aromatic heterocycles. The van der Waals surface area contributed by atoms with Gasteiger partial charge in [-0.2, -0.15) is 0 Å². The number of hydrogen-bond acceptors (Lipinski definition) is 1. The van der Waals surface area contributed by atoms with E-state index in [-0.39, 0.29) is 59.4 Å². The molecule has 0 amide bonds. The van der Waals surface area contributed by atoms with Crippen molar-refractivity contribution in [1.82, 2.24) is 0 Å². The zero-order valence-corrected chi connectivity index (χ0v) is 13.7.